The van der Waals surface area contributed by atoms with Crippen LogP contribution in [0.4, 0.5) is 5.69 Å². The average molecular weight is 431 g/mol. The first-order chi connectivity index (χ1) is 15.0. The van der Waals surface area contributed by atoms with Crippen LogP contribution in [0.25, 0.3) is 0 Å². The number of hydrogen-bond donors (Lipinski definition) is 4. The maximum atomic E-state index is 12.5. The van der Waals surface area contributed by atoms with Crippen LogP contribution in [0.15, 0.2) is 30.9 Å². The molecule has 0 spiro atoms. The minimum atomic E-state index is -0.250. The molecule has 1 aliphatic carbocycles. The smallest absolute Gasteiger partial charge is 0.290 e. The number of imidazole rings is 1. The van der Waals surface area contributed by atoms with Gasteiger partial charge in [0.1, 0.15) is 5.69 Å². The lowest BCUT2D eigenvalue weighted by Crippen LogP contribution is -2.37. The molecule has 11 nitrogen and oxygen atoms in total. The number of hydrogen-bond acceptors (Lipinski definition) is 6. The molecule has 1 saturated carbocycles. The van der Waals surface area contributed by atoms with Gasteiger partial charge < -0.3 is 25.4 Å². The number of pyridine rings is 1. The van der Waals surface area contributed by atoms with Gasteiger partial charge in [0.25, 0.3) is 18.9 Å². The number of carbonyl (C=O) groups is 4. The molecular formula is C20H25N5O6. The molecule has 1 atom stereocenters. The number of nitrogens with zero attached hydrogens (tertiary/aromatic N) is 3. The number of anilines is 1. The summed E-state index contributed by atoms with van der Waals surface area (Å²) < 4.78 is 1.93. The highest BCUT2D eigenvalue weighted by Gasteiger charge is 2.30. The summed E-state index contributed by atoms with van der Waals surface area (Å²) >= 11 is 0. The maximum Gasteiger partial charge on any atom is 0.290 e. The molecule has 3 heterocycles. The van der Waals surface area contributed by atoms with Crippen molar-refractivity contribution in [1.82, 2.24) is 19.9 Å². The fraction of sp³-hybridized carbons (Fsp3) is 0.400. The number of aromatic nitrogens is 3. The monoisotopic (exact) mass is 431 g/mol. The molecule has 1 aliphatic heterocycles. The van der Waals surface area contributed by atoms with E-state index in [-0.39, 0.29) is 30.7 Å². The van der Waals surface area contributed by atoms with Gasteiger partial charge in [0, 0.05) is 19.3 Å². The van der Waals surface area contributed by atoms with E-state index in [1.54, 1.807) is 30.9 Å². The highest BCUT2D eigenvalue weighted by atomic mass is 16.3. The second-order valence-corrected chi connectivity index (χ2v) is 7.02. The SMILES string of the molecule is O=C(Nc1cccnc1)c1ncn2c1CCC(C(=O)NCC1CC1)C2.O=CO.O=CO. The third kappa shape index (κ3) is 7.21. The largest absolute Gasteiger partial charge is 0.483 e. The molecule has 4 N–H and O–H groups in total. The van der Waals surface area contributed by atoms with E-state index in [9.17, 15) is 9.59 Å². The molecule has 2 aromatic rings. The second-order valence-electron chi connectivity index (χ2n) is 7.02. The van der Waals surface area contributed by atoms with E-state index >= 15 is 0 Å². The third-order valence-electron chi connectivity index (χ3n) is 4.86. The van der Waals surface area contributed by atoms with Gasteiger partial charge >= 0.3 is 0 Å². The van der Waals surface area contributed by atoms with Crippen LogP contribution in [0, 0.1) is 11.8 Å². The van der Waals surface area contributed by atoms with E-state index in [2.05, 4.69) is 20.6 Å². The van der Waals surface area contributed by atoms with Crippen LogP contribution in [0.5, 0.6) is 0 Å². The lowest BCUT2D eigenvalue weighted by molar-refractivity contribution is -0.126. The minimum absolute atomic E-state index is 0.0466. The summed E-state index contributed by atoms with van der Waals surface area (Å²) in [5, 5.41) is 19.6. The molecule has 31 heavy (non-hydrogen) atoms. The summed E-state index contributed by atoms with van der Waals surface area (Å²) in [6.07, 6.45) is 8.79. The van der Waals surface area contributed by atoms with Crippen LogP contribution in [0.1, 0.15) is 35.4 Å². The van der Waals surface area contributed by atoms with Crippen LogP contribution >= 0.6 is 0 Å². The number of rotatable bonds is 5. The number of carbonyl (C=O) groups excluding carboxylic acids is 2. The van der Waals surface area contributed by atoms with Gasteiger partial charge in [0.2, 0.25) is 5.91 Å². The highest BCUT2D eigenvalue weighted by molar-refractivity contribution is 6.03. The molecule has 0 radical (unpaired) electrons. The predicted molar refractivity (Wildman–Crippen MR) is 109 cm³/mol. The first kappa shape index (κ1) is 23.5. The average Bonchev–Trinajstić information content (AvgIpc) is 3.50. The van der Waals surface area contributed by atoms with E-state index in [1.165, 1.54) is 12.8 Å². The van der Waals surface area contributed by atoms with Crippen LogP contribution < -0.4 is 10.6 Å². The molecule has 1 fully saturated rings. The lowest BCUT2D eigenvalue weighted by Gasteiger charge is -2.24. The Hall–Kier alpha value is -3.76. The molecule has 0 aromatic carbocycles. The van der Waals surface area contributed by atoms with E-state index < -0.39 is 0 Å². The van der Waals surface area contributed by atoms with Crippen molar-refractivity contribution in [1.29, 1.82) is 0 Å². The Labute approximate surface area is 178 Å². The summed E-state index contributed by atoms with van der Waals surface area (Å²) in [6.45, 7) is 0.879. The van der Waals surface area contributed by atoms with Crippen molar-refractivity contribution in [2.24, 2.45) is 11.8 Å². The van der Waals surface area contributed by atoms with E-state index in [1.807, 2.05) is 4.57 Å². The second kappa shape index (κ2) is 12.1. The van der Waals surface area contributed by atoms with Crippen molar-refractivity contribution in [3.63, 3.8) is 0 Å². The first-order valence-electron chi connectivity index (χ1n) is 9.72. The Morgan fingerprint density at radius 2 is 1.90 bits per heavy atom. The zero-order valence-electron chi connectivity index (χ0n) is 16.8. The molecule has 2 amide bonds. The van der Waals surface area contributed by atoms with Crippen molar-refractivity contribution in [2.45, 2.75) is 32.2 Å². The standard InChI is InChI=1S/C18H21N5O2.2CH2O2/c24-17(20-8-12-3-4-12)13-5-6-15-16(21-11-23(15)10-13)18(25)22-14-2-1-7-19-9-14;2*2-1-3/h1-2,7,9,11-13H,3-6,8,10H2,(H,20,24)(H,22,25);2*1H,(H,2,3). The van der Waals surface area contributed by atoms with Gasteiger partial charge in [-0.25, -0.2) is 4.98 Å². The normalized spacial score (nSPS) is 16.2. The van der Waals surface area contributed by atoms with Crippen LogP contribution in [0.2, 0.25) is 0 Å². The van der Waals surface area contributed by atoms with Crippen LogP contribution in [0.3, 0.4) is 0 Å². The number of nitrogens with one attached hydrogen (secondary N) is 2. The van der Waals surface area contributed by atoms with Crippen molar-refractivity contribution >= 4 is 30.4 Å². The highest BCUT2D eigenvalue weighted by Crippen LogP contribution is 2.28. The predicted octanol–water partition coefficient (Wildman–Crippen LogP) is 1.02. The molecule has 2 aliphatic rings. The summed E-state index contributed by atoms with van der Waals surface area (Å²) in [5.74, 6) is 0.514. The summed E-state index contributed by atoms with van der Waals surface area (Å²) in [4.78, 5) is 49.7. The van der Waals surface area contributed by atoms with Gasteiger partial charge in [-0.3, -0.25) is 24.2 Å². The van der Waals surface area contributed by atoms with Gasteiger partial charge in [-0.1, -0.05) is 0 Å². The van der Waals surface area contributed by atoms with Crippen molar-refractivity contribution in [3.8, 4) is 0 Å². The quantitative estimate of drug-likeness (QED) is 0.510. The van der Waals surface area contributed by atoms with Gasteiger partial charge in [-0.05, 0) is 43.7 Å². The number of fused-ring (bicyclic) bond motifs is 1. The minimum Gasteiger partial charge on any atom is -0.483 e. The van der Waals surface area contributed by atoms with Crippen LogP contribution in [-0.2, 0) is 27.3 Å². The number of carboxylic acid groups (broad SMARTS) is 2. The topological polar surface area (TPSA) is 164 Å². The lowest BCUT2D eigenvalue weighted by atomic mass is 9.96. The first-order valence-corrected chi connectivity index (χ1v) is 9.72. The Bertz CT molecular complexity index is 875. The molecule has 4 rings (SSSR count). The fourth-order valence-electron chi connectivity index (χ4n) is 3.21. The Kier molecular flexibility index (Phi) is 9.14. The van der Waals surface area contributed by atoms with Gasteiger partial charge in [-0.15, -0.1) is 0 Å². The van der Waals surface area contributed by atoms with Crippen LogP contribution in [-0.4, -0.2) is 56.1 Å². The van der Waals surface area contributed by atoms with Crippen molar-refractivity contribution in [2.75, 3.05) is 11.9 Å². The zero-order valence-corrected chi connectivity index (χ0v) is 16.8. The molecule has 1 unspecified atom stereocenters. The van der Waals surface area contributed by atoms with Gasteiger partial charge in [0.15, 0.2) is 0 Å². The molecule has 11 heteroatoms. The zero-order chi connectivity index (χ0) is 22.6. The van der Waals surface area contributed by atoms with Gasteiger partial charge in [0.05, 0.1) is 29.8 Å². The maximum absolute atomic E-state index is 12.5. The fourth-order valence-corrected chi connectivity index (χ4v) is 3.21. The molecule has 0 saturated heterocycles. The van der Waals surface area contributed by atoms with E-state index in [0.717, 1.165) is 18.7 Å². The number of amides is 2. The molecule has 0 bridgehead atoms. The van der Waals surface area contributed by atoms with E-state index in [4.69, 9.17) is 19.8 Å². The molecule has 166 valence electrons. The molecular weight excluding hydrogens is 406 g/mol. The Morgan fingerprint density at radius 3 is 2.52 bits per heavy atom. The molecule has 2 aromatic heterocycles. The third-order valence-corrected chi connectivity index (χ3v) is 4.86. The van der Waals surface area contributed by atoms with Gasteiger partial charge in [-0.2, -0.15) is 0 Å². The summed E-state index contributed by atoms with van der Waals surface area (Å²) in [6, 6.07) is 3.55. The summed E-state index contributed by atoms with van der Waals surface area (Å²) in [7, 11) is 0. The summed E-state index contributed by atoms with van der Waals surface area (Å²) in [5.41, 5.74) is 1.97. The Balaban J connectivity index is 0.000000513. The van der Waals surface area contributed by atoms with Crippen molar-refractivity contribution in [3.05, 3.63) is 42.2 Å². The van der Waals surface area contributed by atoms with E-state index in [0.29, 0.717) is 30.3 Å². The van der Waals surface area contributed by atoms with Crippen molar-refractivity contribution < 1.29 is 29.4 Å². The Morgan fingerprint density at radius 1 is 1.19 bits per heavy atom.